The summed E-state index contributed by atoms with van der Waals surface area (Å²) in [6.07, 6.45) is 1.38. The molecule has 134 valence electrons. The van der Waals surface area contributed by atoms with Gasteiger partial charge in [0, 0.05) is 13.0 Å². The molecule has 0 heterocycles. The zero-order valence-corrected chi connectivity index (χ0v) is 14.8. The second-order valence-electron chi connectivity index (χ2n) is 4.87. The van der Waals surface area contributed by atoms with Crippen LogP contribution < -0.4 is 10.2 Å². The van der Waals surface area contributed by atoms with E-state index in [0.29, 0.717) is 15.8 Å². The Hall–Kier alpha value is -3.34. The number of nitro benzene ring substituents is 2. The van der Waals surface area contributed by atoms with Crippen molar-refractivity contribution in [3.8, 4) is 5.75 Å². The van der Waals surface area contributed by atoms with Crippen LogP contribution in [0.15, 0.2) is 46.0 Å². The van der Waals surface area contributed by atoms with E-state index in [4.69, 9.17) is 4.74 Å². The highest BCUT2D eigenvalue weighted by molar-refractivity contribution is 9.10. The minimum atomic E-state index is -0.741. The normalized spacial score (nSPS) is 10.5. The molecule has 0 aliphatic rings. The van der Waals surface area contributed by atoms with Gasteiger partial charge in [0.1, 0.15) is 11.4 Å². The molecule has 0 bridgehead atoms. The number of halogens is 1. The van der Waals surface area contributed by atoms with Crippen molar-refractivity contribution in [2.45, 2.75) is 6.92 Å². The lowest BCUT2D eigenvalue weighted by atomic mass is 10.2. The number of nitrogens with one attached hydrogen (secondary N) is 1. The first kappa shape index (κ1) is 19.0. The number of anilines is 1. The molecule has 0 spiro atoms. The molecule has 0 aromatic heterocycles. The number of esters is 1. The molecular weight excluding hydrogens is 412 g/mol. The molecule has 10 nitrogen and oxygen atoms in total. The molecule has 0 aliphatic heterocycles. The first-order chi connectivity index (χ1) is 12.3. The monoisotopic (exact) mass is 422 g/mol. The lowest BCUT2D eigenvalue weighted by molar-refractivity contribution is -0.393. The summed E-state index contributed by atoms with van der Waals surface area (Å²) in [5.41, 5.74) is 2.24. The van der Waals surface area contributed by atoms with Crippen molar-refractivity contribution in [3.63, 3.8) is 0 Å². The fourth-order valence-electron chi connectivity index (χ4n) is 1.89. The first-order valence-electron chi connectivity index (χ1n) is 6.98. The van der Waals surface area contributed by atoms with Gasteiger partial charge in [-0.3, -0.25) is 30.4 Å². The molecule has 2 rings (SSSR count). The Balaban J connectivity index is 2.18. The molecule has 0 radical (unpaired) electrons. The van der Waals surface area contributed by atoms with Gasteiger partial charge in [-0.1, -0.05) is 0 Å². The average Bonchev–Trinajstić information content (AvgIpc) is 2.56. The summed E-state index contributed by atoms with van der Waals surface area (Å²) in [5, 5.41) is 25.6. The maximum absolute atomic E-state index is 11.0. The third-order valence-electron chi connectivity index (χ3n) is 3.00. The molecule has 0 saturated carbocycles. The molecule has 0 fully saturated rings. The van der Waals surface area contributed by atoms with Gasteiger partial charge in [-0.15, -0.1) is 0 Å². The van der Waals surface area contributed by atoms with E-state index in [-0.39, 0.29) is 5.69 Å². The van der Waals surface area contributed by atoms with Gasteiger partial charge >= 0.3 is 11.7 Å². The van der Waals surface area contributed by atoms with Gasteiger partial charge in [0.15, 0.2) is 0 Å². The largest absolute Gasteiger partial charge is 0.426 e. The standard InChI is InChI=1S/C15H11BrN4O6/c1-9(21)26-15-5-2-10(6-12(15)16)8-17-18-13-4-3-11(19(22)23)7-14(13)20(24)25/h2-8,18H,1H3/b17-8-. The molecule has 0 amide bonds. The molecule has 1 N–H and O–H groups in total. The lowest BCUT2D eigenvalue weighted by Crippen LogP contribution is -2.02. The van der Waals surface area contributed by atoms with Crippen molar-refractivity contribution >= 4 is 45.2 Å². The van der Waals surface area contributed by atoms with E-state index in [1.165, 1.54) is 19.2 Å². The third-order valence-corrected chi connectivity index (χ3v) is 3.62. The zero-order valence-electron chi connectivity index (χ0n) is 13.2. The minimum absolute atomic E-state index is 0.00690. The maximum atomic E-state index is 11.0. The molecular formula is C15H11BrN4O6. The van der Waals surface area contributed by atoms with Gasteiger partial charge in [0.05, 0.1) is 26.6 Å². The third kappa shape index (κ3) is 4.83. The Kier molecular flexibility index (Phi) is 5.96. The van der Waals surface area contributed by atoms with Crippen molar-refractivity contribution in [2.75, 3.05) is 5.43 Å². The summed E-state index contributed by atoms with van der Waals surface area (Å²) in [4.78, 5) is 31.2. The summed E-state index contributed by atoms with van der Waals surface area (Å²) >= 11 is 3.25. The number of hydrazone groups is 1. The molecule has 0 atom stereocenters. The highest BCUT2D eigenvalue weighted by Crippen LogP contribution is 2.29. The van der Waals surface area contributed by atoms with Gasteiger partial charge in [-0.2, -0.15) is 5.10 Å². The van der Waals surface area contributed by atoms with Gasteiger partial charge < -0.3 is 4.74 Å². The zero-order chi connectivity index (χ0) is 19.3. The van der Waals surface area contributed by atoms with Crippen LogP contribution in [0, 0.1) is 20.2 Å². The predicted octanol–water partition coefficient (Wildman–Crippen LogP) is 3.64. The summed E-state index contributed by atoms with van der Waals surface area (Å²) in [5.74, 6) is -0.118. The van der Waals surface area contributed by atoms with E-state index in [1.54, 1.807) is 18.2 Å². The molecule has 2 aromatic carbocycles. The molecule has 0 unspecified atom stereocenters. The van der Waals surface area contributed by atoms with Crippen LogP contribution in [0.1, 0.15) is 12.5 Å². The predicted molar refractivity (Wildman–Crippen MR) is 96.4 cm³/mol. The van der Waals surface area contributed by atoms with Gasteiger partial charge in [0.2, 0.25) is 0 Å². The summed E-state index contributed by atoms with van der Waals surface area (Å²) in [6.45, 7) is 1.28. The number of nitrogens with zero attached hydrogens (tertiary/aromatic N) is 3. The number of ether oxygens (including phenoxy) is 1. The maximum Gasteiger partial charge on any atom is 0.308 e. The van der Waals surface area contributed by atoms with Crippen molar-refractivity contribution in [2.24, 2.45) is 5.10 Å². The first-order valence-corrected chi connectivity index (χ1v) is 7.77. The van der Waals surface area contributed by atoms with E-state index >= 15 is 0 Å². The number of non-ortho nitro benzene ring substituents is 1. The molecule has 2 aromatic rings. The Labute approximate surface area is 154 Å². The minimum Gasteiger partial charge on any atom is -0.426 e. The molecule has 0 saturated heterocycles. The van der Waals surface area contributed by atoms with Crippen LogP contribution in [-0.2, 0) is 4.79 Å². The van der Waals surface area contributed by atoms with Gasteiger partial charge in [0.25, 0.3) is 5.69 Å². The summed E-state index contributed by atoms with van der Waals surface area (Å²) in [7, 11) is 0. The Bertz CT molecular complexity index is 915. The second-order valence-corrected chi connectivity index (χ2v) is 5.72. The number of benzene rings is 2. The van der Waals surface area contributed by atoms with Crippen LogP contribution in [0.4, 0.5) is 17.1 Å². The Morgan fingerprint density at radius 1 is 1.19 bits per heavy atom. The number of nitro groups is 2. The van der Waals surface area contributed by atoms with E-state index in [2.05, 4.69) is 26.5 Å². The van der Waals surface area contributed by atoms with Crippen molar-refractivity contribution in [3.05, 3.63) is 66.7 Å². The Morgan fingerprint density at radius 2 is 1.92 bits per heavy atom. The van der Waals surface area contributed by atoms with E-state index < -0.39 is 27.2 Å². The quantitative estimate of drug-likeness (QED) is 0.246. The van der Waals surface area contributed by atoms with E-state index in [1.807, 2.05) is 0 Å². The molecule has 26 heavy (non-hydrogen) atoms. The van der Waals surface area contributed by atoms with Gasteiger partial charge in [-0.05, 0) is 45.8 Å². The van der Waals surface area contributed by atoms with Crippen molar-refractivity contribution in [1.29, 1.82) is 0 Å². The van der Waals surface area contributed by atoms with Crippen LogP contribution in [0.3, 0.4) is 0 Å². The number of carbonyl (C=O) groups is 1. The van der Waals surface area contributed by atoms with Crippen molar-refractivity contribution in [1.82, 2.24) is 0 Å². The van der Waals surface area contributed by atoms with E-state index in [9.17, 15) is 25.0 Å². The lowest BCUT2D eigenvalue weighted by Gasteiger charge is -2.05. The highest BCUT2D eigenvalue weighted by atomic mass is 79.9. The smallest absolute Gasteiger partial charge is 0.308 e. The average molecular weight is 423 g/mol. The number of hydrogen-bond donors (Lipinski definition) is 1. The SMILES string of the molecule is CC(=O)Oc1ccc(/C=N\Nc2ccc([N+](=O)[O-])cc2[N+](=O)[O-])cc1Br. The fourth-order valence-corrected chi connectivity index (χ4v) is 2.37. The number of hydrogen-bond acceptors (Lipinski definition) is 8. The van der Waals surface area contributed by atoms with Crippen molar-refractivity contribution < 1.29 is 19.4 Å². The summed E-state index contributed by atoms with van der Waals surface area (Å²) < 4.78 is 5.50. The molecule has 0 aliphatic carbocycles. The fraction of sp³-hybridized carbons (Fsp3) is 0.0667. The topological polar surface area (TPSA) is 137 Å². The van der Waals surface area contributed by atoms with E-state index in [0.717, 1.165) is 12.1 Å². The van der Waals surface area contributed by atoms with Crippen LogP contribution in [-0.4, -0.2) is 22.0 Å². The van der Waals surface area contributed by atoms with Crippen LogP contribution in [0.5, 0.6) is 5.75 Å². The van der Waals surface area contributed by atoms with Crippen LogP contribution >= 0.6 is 15.9 Å². The second kappa shape index (κ2) is 8.16. The van der Waals surface area contributed by atoms with Gasteiger partial charge in [-0.25, -0.2) is 0 Å². The van der Waals surface area contributed by atoms with Crippen LogP contribution in [0.2, 0.25) is 0 Å². The number of carbonyl (C=O) groups excluding carboxylic acids is 1. The highest BCUT2D eigenvalue weighted by Gasteiger charge is 2.19. The summed E-state index contributed by atoms with van der Waals surface area (Å²) in [6, 6.07) is 8.00. The van der Waals surface area contributed by atoms with Crippen LogP contribution in [0.25, 0.3) is 0 Å². The Morgan fingerprint density at radius 3 is 2.50 bits per heavy atom. The number of rotatable bonds is 6. The molecule has 11 heteroatoms.